The van der Waals surface area contributed by atoms with Gasteiger partial charge in [0.1, 0.15) is 5.60 Å². The van der Waals surface area contributed by atoms with E-state index in [1.54, 1.807) is 0 Å². The molecule has 0 spiro atoms. The number of amides is 1. The maximum absolute atomic E-state index is 11.6. The summed E-state index contributed by atoms with van der Waals surface area (Å²) in [4.78, 5) is 14.8. The Balaban J connectivity index is 1.95. The number of fused-ring (bicyclic) bond motifs is 1. The Morgan fingerprint density at radius 2 is 2.31 bits per heavy atom. The zero-order chi connectivity index (χ0) is 11.8. The highest BCUT2D eigenvalue weighted by Gasteiger charge is 2.26. The fourth-order valence-electron chi connectivity index (χ4n) is 2.00. The van der Waals surface area contributed by atoms with Gasteiger partial charge in [0.2, 0.25) is 0 Å². The SMILES string of the molecule is CC(C)(C)OC(=O)NC1CCc2[nH]ccc21. The van der Waals surface area contributed by atoms with Crippen LogP contribution in [0.15, 0.2) is 12.3 Å². The summed E-state index contributed by atoms with van der Waals surface area (Å²) in [7, 11) is 0. The highest BCUT2D eigenvalue weighted by Crippen LogP contribution is 2.30. The average Bonchev–Trinajstić information content (AvgIpc) is 2.66. The number of aromatic amines is 1. The summed E-state index contributed by atoms with van der Waals surface area (Å²) >= 11 is 0. The molecule has 1 amide bonds. The quantitative estimate of drug-likeness (QED) is 0.767. The van der Waals surface area contributed by atoms with Crippen molar-refractivity contribution in [1.82, 2.24) is 10.3 Å². The first-order chi connectivity index (χ1) is 7.46. The van der Waals surface area contributed by atoms with Crippen LogP contribution in [0.4, 0.5) is 4.79 Å². The molecule has 1 aromatic heterocycles. The topological polar surface area (TPSA) is 54.1 Å². The van der Waals surface area contributed by atoms with Crippen molar-refractivity contribution in [1.29, 1.82) is 0 Å². The van der Waals surface area contributed by atoms with Crippen molar-refractivity contribution in [2.24, 2.45) is 0 Å². The predicted octanol–water partition coefficient (Wildman–Crippen LogP) is 2.53. The largest absolute Gasteiger partial charge is 0.444 e. The number of nitrogens with one attached hydrogen (secondary N) is 2. The molecule has 0 radical (unpaired) electrons. The molecular weight excluding hydrogens is 204 g/mol. The number of aryl methyl sites for hydroxylation is 1. The van der Waals surface area contributed by atoms with Crippen molar-refractivity contribution in [3.05, 3.63) is 23.5 Å². The number of hydrogen-bond donors (Lipinski definition) is 2. The Labute approximate surface area is 95.4 Å². The number of alkyl carbamates (subject to hydrolysis) is 1. The molecule has 0 bridgehead atoms. The molecule has 0 fully saturated rings. The minimum atomic E-state index is -0.441. The first-order valence-corrected chi connectivity index (χ1v) is 5.61. The van der Waals surface area contributed by atoms with Crippen LogP contribution in [0.5, 0.6) is 0 Å². The summed E-state index contributed by atoms with van der Waals surface area (Å²) in [5.74, 6) is 0. The molecular formula is C12H18N2O2. The number of rotatable bonds is 1. The van der Waals surface area contributed by atoms with Crippen LogP contribution < -0.4 is 5.32 Å². The molecule has 2 rings (SSSR count). The second kappa shape index (κ2) is 3.85. The van der Waals surface area contributed by atoms with E-state index in [1.165, 1.54) is 11.3 Å². The number of carbonyl (C=O) groups excluding carboxylic acids is 1. The lowest BCUT2D eigenvalue weighted by molar-refractivity contribution is 0.0504. The zero-order valence-corrected chi connectivity index (χ0v) is 9.96. The monoisotopic (exact) mass is 222 g/mol. The molecule has 4 heteroatoms. The van der Waals surface area contributed by atoms with E-state index < -0.39 is 5.60 Å². The minimum Gasteiger partial charge on any atom is -0.444 e. The fourth-order valence-corrected chi connectivity index (χ4v) is 2.00. The summed E-state index contributed by atoms with van der Waals surface area (Å²) in [5.41, 5.74) is 1.97. The van der Waals surface area contributed by atoms with Crippen molar-refractivity contribution in [3.63, 3.8) is 0 Å². The summed E-state index contributed by atoms with van der Waals surface area (Å²) in [6.45, 7) is 5.59. The van der Waals surface area contributed by atoms with Crippen molar-refractivity contribution < 1.29 is 9.53 Å². The zero-order valence-electron chi connectivity index (χ0n) is 9.96. The lowest BCUT2D eigenvalue weighted by Gasteiger charge is -2.21. The smallest absolute Gasteiger partial charge is 0.408 e. The molecule has 0 saturated heterocycles. The van der Waals surface area contributed by atoms with Crippen LogP contribution in [0.25, 0.3) is 0 Å². The molecule has 0 aromatic carbocycles. The molecule has 16 heavy (non-hydrogen) atoms. The maximum Gasteiger partial charge on any atom is 0.408 e. The van der Waals surface area contributed by atoms with Crippen molar-refractivity contribution in [3.8, 4) is 0 Å². The van der Waals surface area contributed by atoms with Crippen molar-refractivity contribution in [2.45, 2.75) is 45.3 Å². The fraction of sp³-hybridized carbons (Fsp3) is 0.583. The van der Waals surface area contributed by atoms with Gasteiger partial charge >= 0.3 is 6.09 Å². The van der Waals surface area contributed by atoms with E-state index in [9.17, 15) is 4.79 Å². The third-order valence-electron chi connectivity index (χ3n) is 2.62. The van der Waals surface area contributed by atoms with Gasteiger partial charge in [0.15, 0.2) is 0 Å². The average molecular weight is 222 g/mol. The molecule has 0 saturated carbocycles. The summed E-state index contributed by atoms with van der Waals surface area (Å²) in [5, 5.41) is 2.90. The number of ether oxygens (including phenoxy) is 1. The Hall–Kier alpha value is -1.45. The van der Waals surface area contributed by atoms with Crippen LogP contribution in [0.1, 0.15) is 44.5 Å². The molecule has 1 atom stereocenters. The Morgan fingerprint density at radius 1 is 1.56 bits per heavy atom. The van der Waals surface area contributed by atoms with E-state index in [0.29, 0.717) is 0 Å². The number of H-pyrrole nitrogens is 1. The molecule has 0 aliphatic heterocycles. The van der Waals surface area contributed by atoms with Gasteiger partial charge in [-0.15, -0.1) is 0 Å². The van der Waals surface area contributed by atoms with E-state index in [2.05, 4.69) is 10.3 Å². The Bertz CT molecular complexity index is 390. The highest BCUT2D eigenvalue weighted by atomic mass is 16.6. The lowest BCUT2D eigenvalue weighted by Crippen LogP contribution is -2.34. The van der Waals surface area contributed by atoms with Gasteiger partial charge < -0.3 is 15.0 Å². The molecule has 1 aliphatic carbocycles. The van der Waals surface area contributed by atoms with E-state index in [0.717, 1.165) is 12.8 Å². The van der Waals surface area contributed by atoms with E-state index in [-0.39, 0.29) is 12.1 Å². The van der Waals surface area contributed by atoms with Gasteiger partial charge in [-0.3, -0.25) is 0 Å². The third-order valence-corrected chi connectivity index (χ3v) is 2.62. The summed E-state index contributed by atoms with van der Waals surface area (Å²) < 4.78 is 5.23. The second-order valence-electron chi connectivity index (χ2n) is 5.15. The lowest BCUT2D eigenvalue weighted by atomic mass is 10.2. The van der Waals surface area contributed by atoms with Crippen molar-refractivity contribution in [2.75, 3.05) is 0 Å². The summed E-state index contributed by atoms with van der Waals surface area (Å²) in [6.07, 6.45) is 3.50. The predicted molar refractivity (Wildman–Crippen MR) is 61.2 cm³/mol. The third kappa shape index (κ3) is 2.38. The van der Waals surface area contributed by atoms with Gasteiger partial charge in [-0.2, -0.15) is 0 Å². The second-order valence-corrected chi connectivity index (χ2v) is 5.15. The molecule has 1 heterocycles. The maximum atomic E-state index is 11.6. The normalized spacial score (nSPS) is 19.3. The number of aromatic nitrogens is 1. The van der Waals surface area contributed by atoms with Crippen LogP contribution in [0.3, 0.4) is 0 Å². The highest BCUT2D eigenvalue weighted by molar-refractivity contribution is 5.68. The van der Waals surface area contributed by atoms with Crippen LogP contribution in [0.2, 0.25) is 0 Å². The van der Waals surface area contributed by atoms with Gasteiger partial charge in [-0.05, 0) is 45.2 Å². The molecule has 88 valence electrons. The molecule has 1 aromatic rings. The van der Waals surface area contributed by atoms with Crippen LogP contribution in [-0.4, -0.2) is 16.7 Å². The van der Waals surface area contributed by atoms with Gasteiger partial charge in [-0.1, -0.05) is 0 Å². The van der Waals surface area contributed by atoms with Gasteiger partial charge in [-0.25, -0.2) is 4.79 Å². The first-order valence-electron chi connectivity index (χ1n) is 5.61. The Morgan fingerprint density at radius 3 is 3.00 bits per heavy atom. The van der Waals surface area contributed by atoms with E-state index in [1.807, 2.05) is 33.0 Å². The molecule has 2 N–H and O–H groups in total. The number of hydrogen-bond acceptors (Lipinski definition) is 2. The molecule has 1 aliphatic rings. The first kappa shape index (κ1) is 11.0. The standard InChI is InChI=1S/C12H18N2O2/c1-12(2,3)16-11(15)14-10-5-4-9-8(10)6-7-13-9/h6-7,10,13H,4-5H2,1-3H3,(H,14,15). The number of carbonyl (C=O) groups is 1. The van der Waals surface area contributed by atoms with Crippen LogP contribution in [-0.2, 0) is 11.2 Å². The van der Waals surface area contributed by atoms with E-state index >= 15 is 0 Å². The summed E-state index contributed by atoms with van der Waals surface area (Å²) in [6, 6.07) is 2.11. The van der Waals surface area contributed by atoms with Crippen LogP contribution >= 0.6 is 0 Å². The molecule has 4 nitrogen and oxygen atoms in total. The van der Waals surface area contributed by atoms with Crippen LogP contribution in [0, 0.1) is 0 Å². The van der Waals surface area contributed by atoms with Crippen molar-refractivity contribution >= 4 is 6.09 Å². The Kier molecular flexibility index (Phi) is 2.66. The molecule has 1 unspecified atom stereocenters. The van der Waals surface area contributed by atoms with Gasteiger partial charge in [0.05, 0.1) is 6.04 Å². The van der Waals surface area contributed by atoms with Gasteiger partial charge in [0, 0.05) is 11.9 Å². The van der Waals surface area contributed by atoms with Gasteiger partial charge in [0.25, 0.3) is 0 Å². The minimum absolute atomic E-state index is 0.0936. The van der Waals surface area contributed by atoms with E-state index in [4.69, 9.17) is 4.74 Å².